The van der Waals surface area contributed by atoms with E-state index < -0.39 is 18.0 Å². The number of hydrogen-bond acceptors (Lipinski definition) is 4. The Morgan fingerprint density at radius 3 is 2.56 bits per heavy atom. The molecule has 0 spiro atoms. The van der Waals surface area contributed by atoms with Crippen molar-refractivity contribution < 1.29 is 22.3 Å². The van der Waals surface area contributed by atoms with Gasteiger partial charge in [0.05, 0.1) is 6.61 Å². The predicted octanol–water partition coefficient (Wildman–Crippen LogP) is 2.48. The topological polar surface area (TPSA) is 47.3 Å². The molecule has 1 unspecified atom stereocenters. The Hall–Kier alpha value is -1.08. The summed E-state index contributed by atoms with van der Waals surface area (Å²) in [5.41, 5.74) is -0.943. The lowest BCUT2D eigenvalue weighted by Crippen LogP contribution is -2.33. The first kappa shape index (κ1) is 13.4. The zero-order valence-electron chi connectivity index (χ0n) is 10.2. The molecule has 0 aromatic carbocycles. The zero-order chi connectivity index (χ0) is 13.3. The second kappa shape index (κ2) is 4.89. The summed E-state index contributed by atoms with van der Waals surface area (Å²) in [4.78, 5) is 3.57. The normalized spacial score (nSPS) is 21.6. The van der Waals surface area contributed by atoms with Crippen LogP contribution in [0.5, 0.6) is 0 Å². The second-order valence-electron chi connectivity index (χ2n) is 4.48. The molecular formula is C11H15F3N2O2. The van der Waals surface area contributed by atoms with E-state index in [1.165, 1.54) is 0 Å². The molecule has 2 rings (SSSR count). The van der Waals surface area contributed by atoms with Gasteiger partial charge in [-0.2, -0.15) is 13.2 Å². The highest BCUT2D eigenvalue weighted by Crippen LogP contribution is 2.36. The quantitative estimate of drug-likeness (QED) is 0.891. The van der Waals surface area contributed by atoms with E-state index in [4.69, 9.17) is 9.15 Å². The smallest absolute Gasteiger partial charge is 0.436 e. The molecule has 1 aromatic rings. The lowest BCUT2D eigenvalue weighted by atomic mass is 10.1. The van der Waals surface area contributed by atoms with Crippen LogP contribution in [0.1, 0.15) is 43.2 Å². The third-order valence-corrected chi connectivity index (χ3v) is 2.67. The maximum atomic E-state index is 12.8. The first-order valence-electron chi connectivity index (χ1n) is 5.79. The summed E-state index contributed by atoms with van der Waals surface area (Å²) in [6, 6.07) is 0. The fraction of sp³-hybridized carbons (Fsp3) is 0.727. The number of halogens is 3. The minimum atomic E-state index is -4.50. The molecule has 0 bridgehead atoms. The zero-order valence-corrected chi connectivity index (χ0v) is 10.2. The van der Waals surface area contributed by atoms with Crippen molar-refractivity contribution in [3.8, 4) is 0 Å². The highest BCUT2D eigenvalue weighted by molar-refractivity contribution is 5.18. The summed E-state index contributed by atoms with van der Waals surface area (Å²) < 4.78 is 49.0. The summed E-state index contributed by atoms with van der Waals surface area (Å²) in [6.07, 6.45) is -5.05. The molecule has 1 aromatic heterocycles. The van der Waals surface area contributed by atoms with Gasteiger partial charge in [-0.15, -0.1) is 0 Å². The van der Waals surface area contributed by atoms with Crippen LogP contribution in [0.3, 0.4) is 0 Å². The fourth-order valence-corrected chi connectivity index (χ4v) is 1.81. The van der Waals surface area contributed by atoms with Crippen LogP contribution in [0.15, 0.2) is 4.42 Å². The van der Waals surface area contributed by atoms with Crippen molar-refractivity contribution in [2.75, 3.05) is 19.7 Å². The summed E-state index contributed by atoms with van der Waals surface area (Å²) in [6.45, 7) is 4.81. The molecule has 1 aliphatic heterocycles. The summed E-state index contributed by atoms with van der Waals surface area (Å²) in [5.74, 6) is -0.510. The van der Waals surface area contributed by atoms with Crippen molar-refractivity contribution in [1.82, 2.24) is 10.3 Å². The molecule has 102 valence electrons. The Labute approximate surface area is 103 Å². The average Bonchev–Trinajstić information content (AvgIpc) is 2.74. The fourth-order valence-electron chi connectivity index (χ4n) is 1.81. The first-order valence-corrected chi connectivity index (χ1v) is 5.79. The minimum absolute atomic E-state index is 0.00164. The third kappa shape index (κ3) is 2.67. The van der Waals surface area contributed by atoms with Gasteiger partial charge in [0, 0.05) is 19.0 Å². The van der Waals surface area contributed by atoms with Crippen molar-refractivity contribution in [2.45, 2.75) is 32.0 Å². The highest BCUT2D eigenvalue weighted by atomic mass is 19.4. The van der Waals surface area contributed by atoms with E-state index in [0.29, 0.717) is 19.7 Å². The number of alkyl halides is 3. The lowest BCUT2D eigenvalue weighted by Gasteiger charge is -2.20. The molecular weight excluding hydrogens is 249 g/mol. The van der Waals surface area contributed by atoms with Gasteiger partial charge in [-0.05, 0) is 0 Å². The van der Waals surface area contributed by atoms with Gasteiger partial charge in [-0.1, -0.05) is 13.8 Å². The van der Waals surface area contributed by atoms with Crippen molar-refractivity contribution in [3.63, 3.8) is 0 Å². The number of nitrogens with one attached hydrogen (secondary N) is 1. The maximum absolute atomic E-state index is 12.8. The first-order chi connectivity index (χ1) is 8.39. The molecule has 1 saturated heterocycles. The van der Waals surface area contributed by atoms with Gasteiger partial charge in [-0.3, -0.25) is 0 Å². The van der Waals surface area contributed by atoms with E-state index in [0.717, 1.165) is 0 Å². The number of oxazole rings is 1. The van der Waals surface area contributed by atoms with E-state index in [9.17, 15) is 13.2 Å². The highest BCUT2D eigenvalue weighted by Gasteiger charge is 2.40. The molecule has 1 atom stereocenters. The number of hydrogen-bond donors (Lipinski definition) is 1. The van der Waals surface area contributed by atoms with Crippen molar-refractivity contribution in [2.24, 2.45) is 0 Å². The summed E-state index contributed by atoms with van der Waals surface area (Å²) in [7, 11) is 0. The van der Waals surface area contributed by atoms with E-state index in [1.807, 2.05) is 0 Å². The molecule has 0 amide bonds. The van der Waals surface area contributed by atoms with E-state index in [-0.39, 0.29) is 17.6 Å². The predicted molar refractivity (Wildman–Crippen MR) is 57.2 cm³/mol. The SMILES string of the molecule is CC(C)c1oc(C2CNCCO2)nc1C(F)(F)F. The van der Waals surface area contributed by atoms with Gasteiger partial charge in [0.1, 0.15) is 11.9 Å². The van der Waals surface area contributed by atoms with Crippen molar-refractivity contribution >= 4 is 0 Å². The average molecular weight is 264 g/mol. The van der Waals surface area contributed by atoms with E-state index in [1.54, 1.807) is 13.8 Å². The van der Waals surface area contributed by atoms with Crippen LogP contribution < -0.4 is 5.32 Å². The van der Waals surface area contributed by atoms with Crippen LogP contribution >= 0.6 is 0 Å². The van der Waals surface area contributed by atoms with E-state index in [2.05, 4.69) is 10.3 Å². The van der Waals surface area contributed by atoms with E-state index >= 15 is 0 Å². The molecule has 0 radical (unpaired) electrons. The molecule has 4 nitrogen and oxygen atoms in total. The van der Waals surface area contributed by atoms with Crippen LogP contribution in [0.2, 0.25) is 0 Å². The van der Waals surface area contributed by atoms with Crippen molar-refractivity contribution in [1.29, 1.82) is 0 Å². The van der Waals surface area contributed by atoms with Gasteiger partial charge in [0.15, 0.2) is 5.69 Å². The Balaban J connectivity index is 2.32. The lowest BCUT2D eigenvalue weighted by molar-refractivity contribution is -0.142. The minimum Gasteiger partial charge on any atom is -0.442 e. The number of nitrogens with zero attached hydrogens (tertiary/aromatic N) is 1. The second-order valence-corrected chi connectivity index (χ2v) is 4.48. The molecule has 7 heteroatoms. The monoisotopic (exact) mass is 264 g/mol. The summed E-state index contributed by atoms with van der Waals surface area (Å²) >= 11 is 0. The largest absolute Gasteiger partial charge is 0.442 e. The summed E-state index contributed by atoms with van der Waals surface area (Å²) in [5, 5.41) is 3.02. The van der Waals surface area contributed by atoms with Crippen LogP contribution in [-0.2, 0) is 10.9 Å². The van der Waals surface area contributed by atoms with Crippen LogP contribution in [0, 0.1) is 0 Å². The van der Waals surface area contributed by atoms with Gasteiger partial charge in [-0.25, -0.2) is 4.98 Å². The van der Waals surface area contributed by atoms with Gasteiger partial charge in [0.25, 0.3) is 0 Å². The number of rotatable bonds is 2. The van der Waals surface area contributed by atoms with Crippen LogP contribution in [0.25, 0.3) is 0 Å². The molecule has 1 fully saturated rings. The third-order valence-electron chi connectivity index (χ3n) is 2.67. The van der Waals surface area contributed by atoms with Crippen LogP contribution in [-0.4, -0.2) is 24.7 Å². The number of aromatic nitrogens is 1. The molecule has 0 saturated carbocycles. The van der Waals surface area contributed by atoms with Gasteiger partial charge in [0.2, 0.25) is 5.89 Å². The number of ether oxygens (including phenoxy) is 1. The number of morpholine rings is 1. The Kier molecular flexibility index (Phi) is 3.63. The molecule has 0 aliphatic carbocycles. The Bertz CT molecular complexity index is 409. The molecule has 1 aliphatic rings. The Morgan fingerprint density at radius 1 is 1.39 bits per heavy atom. The molecule has 1 N–H and O–H groups in total. The van der Waals surface area contributed by atoms with Crippen molar-refractivity contribution in [3.05, 3.63) is 17.3 Å². The van der Waals surface area contributed by atoms with Gasteiger partial charge < -0.3 is 14.5 Å². The molecule has 18 heavy (non-hydrogen) atoms. The standard InChI is InChI=1S/C11H15F3N2O2/c1-6(2)8-9(11(12,13)14)16-10(18-8)7-5-15-3-4-17-7/h6-7,15H,3-5H2,1-2H3. The molecule has 2 heterocycles. The van der Waals surface area contributed by atoms with Crippen LogP contribution in [0.4, 0.5) is 13.2 Å². The maximum Gasteiger partial charge on any atom is 0.436 e. The van der Waals surface area contributed by atoms with Gasteiger partial charge >= 0.3 is 6.18 Å². The Morgan fingerprint density at radius 2 is 2.11 bits per heavy atom.